The van der Waals surface area contributed by atoms with E-state index in [1.807, 2.05) is 0 Å². The van der Waals surface area contributed by atoms with Gasteiger partial charge in [-0.3, -0.25) is 0 Å². The number of aliphatic hydroxyl groups is 3. The largest absolute Gasteiger partial charge is 0.633 e. The normalized spacial score (nSPS) is 13.2. The Bertz CT molecular complexity index is 296. The highest BCUT2D eigenvalue weighted by Crippen LogP contribution is 2.12. The van der Waals surface area contributed by atoms with Crippen LogP contribution in [0.4, 0.5) is 0 Å². The second-order valence-electron chi connectivity index (χ2n) is 7.75. The fourth-order valence-electron chi connectivity index (χ4n) is 3.36. The standard InChI is InChI=1S/C21H45NO5/c1-2-3-4-5-6-7-8-9-10-11-18-27-20-21(25)19-22(26,14-12-16-23)15-13-17-24/h21,23-25H,2-20H2,1H3. The van der Waals surface area contributed by atoms with Gasteiger partial charge in [-0.05, 0) is 6.42 Å². The lowest BCUT2D eigenvalue weighted by Crippen LogP contribution is -2.50. The maximum atomic E-state index is 12.6. The first-order chi connectivity index (χ1) is 13.1. The summed E-state index contributed by atoms with van der Waals surface area (Å²) in [6, 6.07) is 0. The average molecular weight is 392 g/mol. The van der Waals surface area contributed by atoms with Crippen molar-refractivity contribution < 1.29 is 24.7 Å². The summed E-state index contributed by atoms with van der Waals surface area (Å²) in [6.45, 7) is 3.54. The van der Waals surface area contributed by atoms with Crippen molar-refractivity contribution >= 4 is 0 Å². The van der Waals surface area contributed by atoms with Gasteiger partial charge in [0.15, 0.2) is 0 Å². The van der Waals surface area contributed by atoms with Crippen LogP contribution >= 0.6 is 0 Å². The summed E-state index contributed by atoms with van der Waals surface area (Å²) in [7, 11) is 0. The second-order valence-corrected chi connectivity index (χ2v) is 7.75. The smallest absolute Gasteiger partial charge is 0.126 e. The van der Waals surface area contributed by atoms with E-state index in [1.165, 1.54) is 51.4 Å². The first-order valence-corrected chi connectivity index (χ1v) is 11.1. The number of hydrogen-bond acceptors (Lipinski definition) is 5. The summed E-state index contributed by atoms with van der Waals surface area (Å²) < 4.78 is 4.95. The van der Waals surface area contributed by atoms with Crippen LogP contribution in [-0.4, -0.2) is 72.1 Å². The fraction of sp³-hybridized carbons (Fsp3) is 1.00. The summed E-state index contributed by atoms with van der Waals surface area (Å²) in [5.74, 6) is 0. The van der Waals surface area contributed by atoms with Crippen molar-refractivity contribution in [2.45, 2.75) is 90.1 Å². The zero-order chi connectivity index (χ0) is 20.2. The third kappa shape index (κ3) is 17.6. The first kappa shape index (κ1) is 26.8. The number of hydroxylamine groups is 3. The lowest BCUT2D eigenvalue weighted by atomic mass is 10.1. The first-order valence-electron chi connectivity index (χ1n) is 11.1. The minimum atomic E-state index is -0.803. The summed E-state index contributed by atoms with van der Waals surface area (Å²) in [5.41, 5.74) is 0. The molecule has 0 bridgehead atoms. The van der Waals surface area contributed by atoms with E-state index in [0.29, 0.717) is 19.4 Å². The Morgan fingerprint density at radius 3 is 1.74 bits per heavy atom. The minimum Gasteiger partial charge on any atom is -0.633 e. The van der Waals surface area contributed by atoms with E-state index in [0.717, 1.165) is 12.8 Å². The van der Waals surface area contributed by atoms with E-state index >= 15 is 0 Å². The van der Waals surface area contributed by atoms with E-state index in [1.54, 1.807) is 0 Å². The van der Waals surface area contributed by atoms with Crippen LogP contribution in [0.1, 0.15) is 84.0 Å². The monoisotopic (exact) mass is 391 g/mol. The van der Waals surface area contributed by atoms with Gasteiger partial charge in [-0.2, -0.15) is 0 Å². The number of rotatable bonds is 21. The molecule has 3 N–H and O–H groups in total. The topological polar surface area (TPSA) is 93.0 Å². The van der Waals surface area contributed by atoms with Crippen molar-refractivity contribution in [1.29, 1.82) is 0 Å². The van der Waals surface area contributed by atoms with Gasteiger partial charge in [0.2, 0.25) is 0 Å². The molecular weight excluding hydrogens is 346 g/mol. The molecule has 0 aliphatic heterocycles. The molecule has 0 rings (SSSR count). The summed E-state index contributed by atoms with van der Waals surface area (Å²) >= 11 is 0. The van der Waals surface area contributed by atoms with Crippen molar-refractivity contribution in [3.8, 4) is 0 Å². The van der Waals surface area contributed by atoms with Crippen LogP contribution in [-0.2, 0) is 4.74 Å². The Labute approximate surface area is 166 Å². The Balaban J connectivity index is 3.64. The lowest BCUT2D eigenvalue weighted by molar-refractivity contribution is -0.884. The lowest BCUT2D eigenvalue weighted by Gasteiger charge is -2.44. The van der Waals surface area contributed by atoms with Gasteiger partial charge < -0.3 is 29.9 Å². The molecule has 0 fully saturated rings. The van der Waals surface area contributed by atoms with Gasteiger partial charge in [0, 0.05) is 32.7 Å². The molecule has 0 aliphatic carbocycles. The van der Waals surface area contributed by atoms with Gasteiger partial charge in [0.05, 0.1) is 19.7 Å². The van der Waals surface area contributed by atoms with Crippen LogP contribution < -0.4 is 0 Å². The average Bonchev–Trinajstić information content (AvgIpc) is 2.65. The highest BCUT2D eigenvalue weighted by molar-refractivity contribution is 4.57. The van der Waals surface area contributed by atoms with Gasteiger partial charge in [-0.15, -0.1) is 0 Å². The van der Waals surface area contributed by atoms with Crippen LogP contribution in [0.3, 0.4) is 0 Å². The van der Waals surface area contributed by atoms with Crippen molar-refractivity contribution in [2.75, 3.05) is 46.1 Å². The highest BCUT2D eigenvalue weighted by atomic mass is 16.5. The second kappa shape index (κ2) is 19.1. The number of aliphatic hydroxyl groups excluding tert-OH is 3. The van der Waals surface area contributed by atoms with Gasteiger partial charge in [-0.25, -0.2) is 0 Å². The molecule has 27 heavy (non-hydrogen) atoms. The molecule has 0 aliphatic rings. The molecule has 0 aromatic rings. The fourth-order valence-corrected chi connectivity index (χ4v) is 3.36. The molecule has 0 amide bonds. The van der Waals surface area contributed by atoms with Crippen molar-refractivity contribution in [3.05, 3.63) is 5.21 Å². The Morgan fingerprint density at radius 2 is 1.26 bits per heavy atom. The maximum Gasteiger partial charge on any atom is 0.126 e. The molecule has 0 aromatic heterocycles. The zero-order valence-electron chi connectivity index (χ0n) is 17.6. The molecule has 0 aromatic carbocycles. The van der Waals surface area contributed by atoms with E-state index in [2.05, 4.69) is 6.92 Å². The van der Waals surface area contributed by atoms with Gasteiger partial charge in [0.1, 0.15) is 12.6 Å². The van der Waals surface area contributed by atoms with E-state index in [9.17, 15) is 10.3 Å². The number of quaternary nitrogens is 1. The molecule has 0 radical (unpaired) electrons. The van der Waals surface area contributed by atoms with Crippen LogP contribution in [0.2, 0.25) is 0 Å². The summed E-state index contributed by atoms with van der Waals surface area (Å²) in [6.07, 6.45) is 12.8. The third-order valence-corrected chi connectivity index (χ3v) is 4.94. The van der Waals surface area contributed by atoms with Gasteiger partial charge in [0.25, 0.3) is 0 Å². The van der Waals surface area contributed by atoms with E-state index < -0.39 is 10.8 Å². The Morgan fingerprint density at radius 1 is 0.778 bits per heavy atom. The summed E-state index contributed by atoms with van der Waals surface area (Å²) in [5, 5.41) is 40.6. The minimum absolute atomic E-state index is 0.0350. The molecule has 0 heterocycles. The molecular formula is C21H45NO5. The van der Waals surface area contributed by atoms with Crippen LogP contribution in [0.5, 0.6) is 0 Å². The number of unbranched alkanes of at least 4 members (excludes halogenated alkanes) is 9. The van der Waals surface area contributed by atoms with E-state index in [4.69, 9.17) is 14.9 Å². The molecule has 0 saturated carbocycles. The number of nitrogens with zero attached hydrogens (tertiary/aromatic N) is 1. The quantitative estimate of drug-likeness (QED) is 0.158. The van der Waals surface area contributed by atoms with Crippen molar-refractivity contribution in [2.24, 2.45) is 0 Å². The molecule has 0 saturated heterocycles. The Hall–Kier alpha value is -0.240. The number of hydrogen-bond donors (Lipinski definition) is 3. The zero-order valence-corrected chi connectivity index (χ0v) is 17.6. The summed E-state index contributed by atoms with van der Waals surface area (Å²) in [4.78, 5) is 0. The van der Waals surface area contributed by atoms with Crippen LogP contribution in [0, 0.1) is 5.21 Å². The molecule has 1 unspecified atom stereocenters. The molecule has 6 nitrogen and oxygen atoms in total. The number of ether oxygens (including phenoxy) is 1. The van der Waals surface area contributed by atoms with Crippen LogP contribution in [0.25, 0.3) is 0 Å². The molecule has 0 spiro atoms. The van der Waals surface area contributed by atoms with E-state index in [-0.39, 0.29) is 39.5 Å². The van der Waals surface area contributed by atoms with Gasteiger partial charge >= 0.3 is 0 Å². The Kier molecular flexibility index (Phi) is 18.9. The van der Waals surface area contributed by atoms with Crippen molar-refractivity contribution in [1.82, 2.24) is 0 Å². The van der Waals surface area contributed by atoms with Crippen molar-refractivity contribution in [3.63, 3.8) is 0 Å². The molecule has 1 atom stereocenters. The van der Waals surface area contributed by atoms with Gasteiger partial charge in [-0.1, -0.05) is 64.7 Å². The predicted octanol–water partition coefficient (Wildman–Crippen LogP) is 3.36. The predicted molar refractivity (Wildman–Crippen MR) is 110 cm³/mol. The molecule has 6 heteroatoms. The SMILES string of the molecule is CCCCCCCCCCCCOCC(O)C[N+]([O-])(CCCO)CCCO. The maximum absolute atomic E-state index is 12.6. The highest BCUT2D eigenvalue weighted by Gasteiger charge is 2.21. The van der Waals surface area contributed by atoms with Crippen LogP contribution in [0.15, 0.2) is 0 Å². The third-order valence-electron chi connectivity index (χ3n) is 4.94. The molecule has 164 valence electrons.